The highest BCUT2D eigenvalue weighted by molar-refractivity contribution is 7.93. The number of amides is 1. The van der Waals surface area contributed by atoms with E-state index in [1.165, 1.54) is 37.4 Å². The van der Waals surface area contributed by atoms with E-state index in [1.54, 1.807) is 37.3 Å². The number of alkyl halides is 3. The van der Waals surface area contributed by atoms with Crippen molar-refractivity contribution in [1.82, 2.24) is 0 Å². The number of benzene rings is 4. The summed E-state index contributed by atoms with van der Waals surface area (Å²) in [7, 11) is -7.14. The first-order valence-corrected chi connectivity index (χ1v) is 15.9. The molecule has 4 rings (SSSR count). The van der Waals surface area contributed by atoms with Crippen molar-refractivity contribution in [3.8, 4) is 5.75 Å². The van der Waals surface area contributed by atoms with Gasteiger partial charge in [0.05, 0.1) is 28.2 Å². The molecule has 0 unspecified atom stereocenters. The van der Waals surface area contributed by atoms with Gasteiger partial charge in [-0.1, -0.05) is 29.8 Å². The van der Waals surface area contributed by atoms with Crippen molar-refractivity contribution in [3.05, 3.63) is 108 Å². The molecule has 0 saturated carbocycles. The Labute approximate surface area is 253 Å². The third-order valence-corrected chi connectivity index (χ3v) is 9.56. The molecular weight excluding hydrogens is 619 g/mol. The fourth-order valence-electron chi connectivity index (χ4n) is 4.15. The number of hydrogen-bond acceptors (Lipinski definition) is 6. The number of ether oxygens (including phenoxy) is 1. The molecule has 0 aliphatic carbocycles. The van der Waals surface area contributed by atoms with Crippen LogP contribution in [0.25, 0.3) is 0 Å². The Hall–Kier alpha value is -4.56. The molecule has 4 aromatic rings. The monoisotopic (exact) mass is 647 g/mol. The first-order chi connectivity index (χ1) is 20.6. The van der Waals surface area contributed by atoms with Crippen LogP contribution in [0, 0.1) is 13.8 Å². The first-order valence-electron chi connectivity index (χ1n) is 12.9. The summed E-state index contributed by atoms with van der Waals surface area (Å²) in [4.78, 5) is 12.9. The Morgan fingerprint density at radius 2 is 1.41 bits per heavy atom. The van der Waals surface area contributed by atoms with E-state index in [0.29, 0.717) is 6.07 Å². The normalized spacial score (nSPS) is 12.0. The van der Waals surface area contributed by atoms with Crippen molar-refractivity contribution >= 4 is 43.0 Å². The largest absolute Gasteiger partial charge is 0.495 e. The van der Waals surface area contributed by atoms with Crippen LogP contribution in [0.5, 0.6) is 5.75 Å². The number of carbonyl (C=O) groups excluding carboxylic acids is 1. The maximum atomic E-state index is 13.7. The lowest BCUT2D eigenvalue weighted by molar-refractivity contribution is -0.137. The molecule has 0 aromatic heterocycles. The number of hydrogen-bond donors (Lipinski definition) is 2. The maximum absolute atomic E-state index is 13.7. The van der Waals surface area contributed by atoms with Crippen LogP contribution in [0.2, 0.25) is 0 Å². The lowest BCUT2D eigenvalue weighted by Gasteiger charge is -2.26. The fourth-order valence-corrected chi connectivity index (χ4v) is 6.63. The number of anilines is 3. The maximum Gasteiger partial charge on any atom is 0.416 e. The molecule has 0 heterocycles. The number of nitrogens with zero attached hydrogens (tertiary/aromatic N) is 1. The van der Waals surface area contributed by atoms with E-state index in [-0.39, 0.29) is 32.6 Å². The fraction of sp³-hybridized carbons (Fsp3) is 0.167. The van der Waals surface area contributed by atoms with Gasteiger partial charge in [0.25, 0.3) is 20.0 Å². The summed E-state index contributed by atoms with van der Waals surface area (Å²) < 4.78 is 101. The van der Waals surface area contributed by atoms with Crippen LogP contribution in [0.4, 0.5) is 30.2 Å². The molecule has 0 saturated heterocycles. The van der Waals surface area contributed by atoms with E-state index in [4.69, 9.17) is 4.74 Å². The highest BCUT2D eigenvalue weighted by atomic mass is 32.2. The van der Waals surface area contributed by atoms with Crippen LogP contribution in [0.3, 0.4) is 0 Å². The van der Waals surface area contributed by atoms with Crippen LogP contribution >= 0.6 is 0 Å². The summed E-state index contributed by atoms with van der Waals surface area (Å²) in [5.41, 5.74) is 0.566. The minimum absolute atomic E-state index is 0.0395. The molecule has 0 bridgehead atoms. The van der Waals surface area contributed by atoms with Gasteiger partial charge in [-0.05, 0) is 86.1 Å². The van der Waals surface area contributed by atoms with Crippen molar-refractivity contribution < 1.29 is 39.5 Å². The second kappa shape index (κ2) is 12.6. The minimum atomic E-state index is -4.65. The van der Waals surface area contributed by atoms with Crippen molar-refractivity contribution in [2.24, 2.45) is 0 Å². The van der Waals surface area contributed by atoms with E-state index in [1.807, 2.05) is 6.92 Å². The summed E-state index contributed by atoms with van der Waals surface area (Å²) in [5.74, 6) is -0.510. The molecule has 0 aliphatic heterocycles. The summed E-state index contributed by atoms with van der Waals surface area (Å²) in [6.07, 6.45) is -4.65. The van der Waals surface area contributed by atoms with E-state index >= 15 is 0 Å². The predicted molar refractivity (Wildman–Crippen MR) is 161 cm³/mol. The smallest absolute Gasteiger partial charge is 0.416 e. The second-order valence-electron chi connectivity index (χ2n) is 9.76. The van der Waals surface area contributed by atoms with Crippen LogP contribution < -0.4 is 19.1 Å². The minimum Gasteiger partial charge on any atom is -0.495 e. The first kappa shape index (κ1) is 32.4. The molecule has 0 spiro atoms. The number of aryl methyl sites for hydroxylation is 2. The van der Waals surface area contributed by atoms with Gasteiger partial charge >= 0.3 is 6.18 Å². The molecule has 1 amide bonds. The van der Waals surface area contributed by atoms with Gasteiger partial charge in [-0.2, -0.15) is 13.2 Å². The molecule has 232 valence electrons. The Kier molecular flexibility index (Phi) is 9.25. The highest BCUT2D eigenvalue weighted by Crippen LogP contribution is 2.34. The summed E-state index contributed by atoms with van der Waals surface area (Å²) in [6, 6.07) is 19.6. The number of methoxy groups -OCH3 is 1. The van der Waals surface area contributed by atoms with Gasteiger partial charge in [-0.15, -0.1) is 0 Å². The van der Waals surface area contributed by atoms with E-state index < -0.39 is 44.2 Å². The summed E-state index contributed by atoms with van der Waals surface area (Å²) >= 11 is 0. The van der Waals surface area contributed by atoms with Crippen LogP contribution in [-0.4, -0.2) is 36.4 Å². The van der Waals surface area contributed by atoms with Gasteiger partial charge in [0.1, 0.15) is 12.3 Å². The molecule has 9 nitrogen and oxygen atoms in total. The van der Waals surface area contributed by atoms with Gasteiger partial charge < -0.3 is 10.1 Å². The predicted octanol–water partition coefficient (Wildman–Crippen LogP) is 5.97. The topological polar surface area (TPSA) is 122 Å². The van der Waals surface area contributed by atoms with Gasteiger partial charge in [0.15, 0.2) is 0 Å². The summed E-state index contributed by atoms with van der Waals surface area (Å²) in [5, 5.41) is 2.55. The number of halogens is 3. The molecule has 44 heavy (non-hydrogen) atoms. The quantitative estimate of drug-likeness (QED) is 0.219. The Balaban J connectivity index is 1.56. The number of sulfonamides is 2. The number of nitrogens with one attached hydrogen (secondary N) is 2. The van der Waals surface area contributed by atoms with Crippen molar-refractivity contribution in [2.75, 3.05) is 28.0 Å². The van der Waals surface area contributed by atoms with Crippen molar-refractivity contribution in [2.45, 2.75) is 29.8 Å². The Bertz CT molecular complexity index is 1880. The molecule has 2 N–H and O–H groups in total. The zero-order valence-electron chi connectivity index (χ0n) is 23.7. The molecular formula is C30H28F3N3O6S2. The third kappa shape index (κ3) is 7.50. The Morgan fingerprint density at radius 3 is 2.02 bits per heavy atom. The van der Waals surface area contributed by atoms with Gasteiger partial charge in [-0.3, -0.25) is 13.8 Å². The molecule has 4 aromatic carbocycles. The SMILES string of the molecule is COc1ccc(C)cc1N(CC(=O)Nc1ccc(S(=O)(=O)Nc2cccc(C(F)(F)F)c2)cc1)S(=O)(=O)c1ccc(C)cc1. The summed E-state index contributed by atoms with van der Waals surface area (Å²) in [6.45, 7) is 2.92. The number of rotatable bonds is 10. The van der Waals surface area contributed by atoms with E-state index in [0.717, 1.165) is 39.7 Å². The van der Waals surface area contributed by atoms with Crippen molar-refractivity contribution in [1.29, 1.82) is 0 Å². The Morgan fingerprint density at radius 1 is 0.795 bits per heavy atom. The molecule has 0 radical (unpaired) electrons. The van der Waals surface area contributed by atoms with E-state index in [2.05, 4.69) is 10.0 Å². The van der Waals surface area contributed by atoms with Crippen LogP contribution in [0.1, 0.15) is 16.7 Å². The lowest BCUT2D eigenvalue weighted by Crippen LogP contribution is -2.38. The lowest BCUT2D eigenvalue weighted by atomic mass is 10.2. The van der Waals surface area contributed by atoms with Gasteiger partial charge in [-0.25, -0.2) is 16.8 Å². The van der Waals surface area contributed by atoms with Crippen molar-refractivity contribution in [3.63, 3.8) is 0 Å². The zero-order valence-corrected chi connectivity index (χ0v) is 25.3. The third-order valence-electron chi connectivity index (χ3n) is 6.39. The number of carbonyl (C=O) groups is 1. The highest BCUT2D eigenvalue weighted by Gasteiger charge is 2.31. The van der Waals surface area contributed by atoms with Gasteiger partial charge in [0, 0.05) is 11.4 Å². The second-order valence-corrected chi connectivity index (χ2v) is 13.3. The van der Waals surface area contributed by atoms with E-state index in [9.17, 15) is 34.8 Å². The molecule has 14 heteroatoms. The zero-order chi connectivity index (χ0) is 32.3. The molecule has 0 atom stereocenters. The average Bonchev–Trinajstić information content (AvgIpc) is 2.96. The van der Waals surface area contributed by atoms with Crippen LogP contribution in [-0.2, 0) is 31.0 Å². The average molecular weight is 648 g/mol. The molecule has 0 aliphatic rings. The van der Waals surface area contributed by atoms with Gasteiger partial charge in [0.2, 0.25) is 5.91 Å². The molecule has 0 fully saturated rings. The van der Waals surface area contributed by atoms with Crippen LogP contribution in [0.15, 0.2) is 101 Å². The standard InChI is InChI=1S/C30H28F3N3O6S2/c1-20-7-12-26(13-8-20)44(40,41)36(27-17-21(2)9-16-28(27)42-3)19-29(37)34-23-10-14-25(15-11-23)43(38,39)35-24-6-4-5-22(18-24)30(31,32)33/h4-18,35H,19H2,1-3H3,(H,34,37).